The van der Waals surface area contributed by atoms with Gasteiger partial charge in [0.25, 0.3) is 0 Å². The van der Waals surface area contributed by atoms with Crippen LogP contribution in [0.15, 0.2) is 33.7 Å². The number of rotatable bonds is 3. The summed E-state index contributed by atoms with van der Waals surface area (Å²) in [4.78, 5) is 3.81. The van der Waals surface area contributed by atoms with Crippen molar-refractivity contribution in [1.82, 2.24) is 10.4 Å². The number of pyridine rings is 1. The first kappa shape index (κ1) is 11.7. The average Bonchev–Trinajstić information content (AvgIpc) is 2.66. The van der Waals surface area contributed by atoms with Crippen LogP contribution in [-0.4, -0.2) is 4.98 Å². The van der Waals surface area contributed by atoms with E-state index in [1.54, 1.807) is 17.5 Å². The molecule has 1 atom stereocenters. The first-order chi connectivity index (χ1) is 7.70. The lowest BCUT2D eigenvalue weighted by Gasteiger charge is -2.14. The molecule has 0 aromatic carbocycles. The van der Waals surface area contributed by atoms with Crippen molar-refractivity contribution in [3.05, 3.63) is 50.6 Å². The Morgan fingerprint density at radius 1 is 1.38 bits per heavy atom. The van der Waals surface area contributed by atoms with Crippen molar-refractivity contribution in [2.24, 2.45) is 5.84 Å². The van der Waals surface area contributed by atoms with Crippen LogP contribution in [0, 0.1) is 5.82 Å². The Balaban J connectivity index is 2.36. The van der Waals surface area contributed by atoms with Crippen LogP contribution in [0.2, 0.25) is 0 Å². The third-order valence-corrected chi connectivity index (χ3v) is 3.67. The van der Waals surface area contributed by atoms with Crippen LogP contribution in [0.25, 0.3) is 0 Å². The Bertz CT molecular complexity index is 488. The molecule has 2 aromatic heterocycles. The number of thiophene rings is 1. The predicted octanol–water partition coefficient (Wildman–Crippen LogP) is 2.60. The van der Waals surface area contributed by atoms with Gasteiger partial charge in [-0.2, -0.15) is 0 Å². The maximum Gasteiger partial charge on any atom is 0.141 e. The summed E-state index contributed by atoms with van der Waals surface area (Å²) in [5.74, 6) is 5.12. The van der Waals surface area contributed by atoms with Gasteiger partial charge in [-0.05, 0) is 44.6 Å². The normalized spacial score (nSPS) is 12.7. The van der Waals surface area contributed by atoms with Gasteiger partial charge in [-0.25, -0.2) is 9.82 Å². The topological polar surface area (TPSA) is 50.9 Å². The molecule has 2 heterocycles. The minimum atomic E-state index is -0.368. The zero-order chi connectivity index (χ0) is 11.5. The summed E-state index contributed by atoms with van der Waals surface area (Å²) < 4.78 is 14.1. The van der Waals surface area contributed by atoms with E-state index in [-0.39, 0.29) is 11.9 Å². The first-order valence-electron chi connectivity index (χ1n) is 4.51. The summed E-state index contributed by atoms with van der Waals surface area (Å²) in [5, 5.41) is 1.96. The van der Waals surface area contributed by atoms with E-state index < -0.39 is 0 Å². The number of hydrogen-bond donors (Lipinski definition) is 2. The maximum atomic E-state index is 13.0. The van der Waals surface area contributed by atoms with Crippen molar-refractivity contribution in [3.63, 3.8) is 0 Å². The molecule has 0 bridgehead atoms. The van der Waals surface area contributed by atoms with E-state index in [9.17, 15) is 4.39 Å². The summed E-state index contributed by atoms with van der Waals surface area (Å²) in [6.45, 7) is 0. The van der Waals surface area contributed by atoms with Crippen molar-refractivity contribution in [2.45, 2.75) is 6.04 Å². The number of halogens is 2. The van der Waals surface area contributed by atoms with Gasteiger partial charge in [0.2, 0.25) is 0 Å². The molecule has 2 rings (SSSR count). The van der Waals surface area contributed by atoms with Gasteiger partial charge in [-0.1, -0.05) is 0 Å². The Morgan fingerprint density at radius 3 is 2.75 bits per heavy atom. The molecular weight excluding hydrogens is 293 g/mol. The second kappa shape index (κ2) is 5.01. The van der Waals surface area contributed by atoms with Crippen LogP contribution < -0.4 is 11.3 Å². The molecule has 0 saturated carbocycles. The lowest BCUT2D eigenvalue weighted by molar-refractivity contribution is 0.598. The van der Waals surface area contributed by atoms with Crippen molar-refractivity contribution in [3.8, 4) is 0 Å². The molecule has 0 fully saturated rings. The summed E-state index contributed by atoms with van der Waals surface area (Å²) >= 11 is 4.93. The van der Waals surface area contributed by atoms with Gasteiger partial charge in [0.1, 0.15) is 5.82 Å². The highest BCUT2D eigenvalue weighted by atomic mass is 79.9. The maximum absolute atomic E-state index is 13.0. The van der Waals surface area contributed by atoms with Crippen LogP contribution in [-0.2, 0) is 0 Å². The SMILES string of the molecule is NNC(c1cncc(F)c1)c1csc(Br)c1. The fourth-order valence-electron chi connectivity index (χ4n) is 1.45. The summed E-state index contributed by atoms with van der Waals surface area (Å²) in [7, 11) is 0. The van der Waals surface area contributed by atoms with E-state index in [0.717, 1.165) is 9.35 Å². The average molecular weight is 302 g/mol. The van der Waals surface area contributed by atoms with Crippen molar-refractivity contribution >= 4 is 27.3 Å². The van der Waals surface area contributed by atoms with E-state index in [1.807, 2.05) is 11.4 Å². The van der Waals surface area contributed by atoms with Crippen LogP contribution in [0.5, 0.6) is 0 Å². The standard InChI is InChI=1S/C10H9BrFN3S/c11-9-2-7(5-16-9)10(15-13)6-1-8(12)4-14-3-6/h1-5,10,15H,13H2. The highest BCUT2D eigenvalue weighted by Gasteiger charge is 2.14. The van der Waals surface area contributed by atoms with Crippen LogP contribution in [0.3, 0.4) is 0 Å². The third kappa shape index (κ3) is 2.46. The van der Waals surface area contributed by atoms with Crippen molar-refractivity contribution in [1.29, 1.82) is 0 Å². The van der Waals surface area contributed by atoms with E-state index in [2.05, 4.69) is 26.3 Å². The highest BCUT2D eigenvalue weighted by molar-refractivity contribution is 9.11. The molecule has 0 aliphatic heterocycles. The number of nitrogens with two attached hydrogens (primary N) is 1. The zero-order valence-corrected chi connectivity index (χ0v) is 10.6. The zero-order valence-electron chi connectivity index (χ0n) is 8.15. The van der Waals surface area contributed by atoms with Gasteiger partial charge in [0, 0.05) is 6.20 Å². The monoisotopic (exact) mass is 301 g/mol. The summed E-state index contributed by atoms with van der Waals surface area (Å²) in [6, 6.07) is 3.12. The number of hydrazine groups is 1. The van der Waals surface area contributed by atoms with Crippen LogP contribution >= 0.6 is 27.3 Å². The fourth-order valence-corrected chi connectivity index (χ4v) is 2.65. The molecule has 84 valence electrons. The molecule has 3 N–H and O–H groups in total. The lowest BCUT2D eigenvalue weighted by atomic mass is 10.0. The molecular formula is C10H9BrFN3S. The second-order valence-electron chi connectivity index (χ2n) is 3.22. The van der Waals surface area contributed by atoms with E-state index in [0.29, 0.717) is 5.56 Å². The highest BCUT2D eigenvalue weighted by Crippen LogP contribution is 2.28. The van der Waals surface area contributed by atoms with Crippen molar-refractivity contribution in [2.75, 3.05) is 0 Å². The number of hydrogen-bond acceptors (Lipinski definition) is 4. The Hall–Kier alpha value is -0.820. The number of aromatic nitrogens is 1. The minimum Gasteiger partial charge on any atom is -0.271 e. The number of nitrogens with zero attached hydrogens (tertiary/aromatic N) is 1. The molecule has 0 radical (unpaired) electrons. The quantitative estimate of drug-likeness (QED) is 0.677. The molecule has 0 aliphatic carbocycles. The van der Waals surface area contributed by atoms with Crippen molar-refractivity contribution < 1.29 is 4.39 Å². The summed E-state index contributed by atoms with van der Waals surface area (Å²) in [6.07, 6.45) is 2.76. The molecule has 0 aliphatic rings. The van der Waals surface area contributed by atoms with E-state index in [1.165, 1.54) is 12.3 Å². The molecule has 16 heavy (non-hydrogen) atoms. The van der Waals surface area contributed by atoms with E-state index in [4.69, 9.17) is 5.84 Å². The van der Waals surface area contributed by atoms with Gasteiger partial charge < -0.3 is 0 Å². The van der Waals surface area contributed by atoms with Crippen LogP contribution in [0.4, 0.5) is 4.39 Å². The fraction of sp³-hybridized carbons (Fsp3) is 0.100. The molecule has 3 nitrogen and oxygen atoms in total. The molecule has 1 unspecified atom stereocenters. The van der Waals surface area contributed by atoms with Gasteiger partial charge >= 0.3 is 0 Å². The van der Waals surface area contributed by atoms with Crippen LogP contribution in [0.1, 0.15) is 17.2 Å². The third-order valence-electron chi connectivity index (χ3n) is 2.15. The largest absolute Gasteiger partial charge is 0.271 e. The molecule has 0 saturated heterocycles. The Morgan fingerprint density at radius 2 is 2.19 bits per heavy atom. The predicted molar refractivity (Wildman–Crippen MR) is 65.4 cm³/mol. The molecule has 6 heteroatoms. The number of nitrogens with one attached hydrogen (secondary N) is 1. The second-order valence-corrected chi connectivity index (χ2v) is 5.51. The Kier molecular flexibility index (Phi) is 3.65. The Labute approximate surface area is 105 Å². The minimum absolute atomic E-state index is 0.245. The first-order valence-corrected chi connectivity index (χ1v) is 6.18. The molecule has 0 spiro atoms. The van der Waals surface area contributed by atoms with Gasteiger partial charge in [-0.15, -0.1) is 11.3 Å². The summed E-state index contributed by atoms with van der Waals surface area (Å²) in [5.41, 5.74) is 4.33. The van der Waals surface area contributed by atoms with Gasteiger partial charge in [-0.3, -0.25) is 10.8 Å². The van der Waals surface area contributed by atoms with Gasteiger partial charge in [0.15, 0.2) is 0 Å². The smallest absolute Gasteiger partial charge is 0.141 e. The van der Waals surface area contributed by atoms with E-state index >= 15 is 0 Å². The molecule has 2 aromatic rings. The van der Waals surface area contributed by atoms with Gasteiger partial charge in [0.05, 0.1) is 16.0 Å². The lowest BCUT2D eigenvalue weighted by Crippen LogP contribution is -2.28. The molecule has 0 amide bonds.